The third-order valence-electron chi connectivity index (χ3n) is 4.52. The lowest BCUT2D eigenvalue weighted by atomic mass is 10.4. The van der Waals surface area contributed by atoms with Gasteiger partial charge in [-0.25, -0.2) is 0 Å². The van der Waals surface area contributed by atoms with Gasteiger partial charge in [0.25, 0.3) is 0 Å². The second-order valence-corrected chi connectivity index (χ2v) is 12.7. The molecule has 9 heteroatoms. The Labute approximate surface area is 148 Å². The Bertz CT molecular complexity index is 313. The van der Waals surface area contributed by atoms with Gasteiger partial charge in [-0.3, -0.25) is 0 Å². The fourth-order valence-electron chi connectivity index (χ4n) is 2.73. The van der Waals surface area contributed by atoms with Crippen LogP contribution < -0.4 is 0 Å². The molecule has 1 fully saturated rings. The number of hydrogen-bond acceptors (Lipinski definition) is 7. The van der Waals surface area contributed by atoms with E-state index in [1.54, 1.807) is 35.5 Å². The highest BCUT2D eigenvalue weighted by Crippen LogP contribution is 2.25. The first-order chi connectivity index (χ1) is 11.6. The molecule has 1 aliphatic rings. The summed E-state index contributed by atoms with van der Waals surface area (Å²) in [4.78, 5) is 0. The summed E-state index contributed by atoms with van der Waals surface area (Å²) < 4.78 is 38.7. The quantitative estimate of drug-likeness (QED) is 0.230. The van der Waals surface area contributed by atoms with Gasteiger partial charge in [0, 0.05) is 48.2 Å². The summed E-state index contributed by atoms with van der Waals surface area (Å²) in [7, 11) is 3.83. The van der Waals surface area contributed by atoms with E-state index in [-0.39, 0.29) is 0 Å². The lowest BCUT2D eigenvalue weighted by Crippen LogP contribution is -2.43. The molecule has 0 aromatic carbocycles. The fraction of sp³-hybridized carbons (Fsp3) is 1.00. The van der Waals surface area contributed by atoms with Gasteiger partial charge < -0.3 is 31.6 Å². The van der Waals surface area contributed by atoms with E-state index in [1.807, 2.05) is 0 Å². The van der Waals surface area contributed by atoms with Gasteiger partial charge in [0.2, 0.25) is 0 Å². The van der Waals surface area contributed by atoms with Crippen molar-refractivity contribution in [2.45, 2.75) is 43.5 Å². The molecule has 0 aromatic rings. The molecule has 0 spiro atoms. The van der Waals surface area contributed by atoms with Gasteiger partial charge in [-0.2, -0.15) is 0 Å². The van der Waals surface area contributed by atoms with Gasteiger partial charge in [-0.05, 0) is 24.9 Å². The van der Waals surface area contributed by atoms with Crippen molar-refractivity contribution in [3.8, 4) is 0 Å². The zero-order chi connectivity index (χ0) is 17.9. The van der Waals surface area contributed by atoms with Crippen LogP contribution in [0.4, 0.5) is 0 Å². The van der Waals surface area contributed by atoms with Gasteiger partial charge in [-0.15, -0.1) is 0 Å². The van der Waals surface area contributed by atoms with Crippen LogP contribution in [0.15, 0.2) is 0 Å². The van der Waals surface area contributed by atoms with Crippen molar-refractivity contribution in [1.82, 2.24) is 0 Å². The summed E-state index contributed by atoms with van der Waals surface area (Å²) in [5, 5.41) is 0. The molecule has 0 aromatic heterocycles. The molecule has 0 saturated carbocycles. The highest BCUT2D eigenvalue weighted by atomic mass is 28.4. The lowest BCUT2D eigenvalue weighted by Gasteiger charge is -2.28. The van der Waals surface area contributed by atoms with E-state index in [0.717, 1.165) is 50.6 Å². The van der Waals surface area contributed by atoms with Crippen LogP contribution in [0.25, 0.3) is 0 Å². The fourth-order valence-corrected chi connectivity index (χ4v) is 7.23. The average molecular weight is 383 g/mol. The van der Waals surface area contributed by atoms with Crippen molar-refractivity contribution in [2.75, 3.05) is 55.4 Å². The Balaban J connectivity index is 2.26. The molecule has 0 bridgehead atoms. The molecule has 1 rings (SSSR count). The highest BCUT2D eigenvalue weighted by molar-refractivity contribution is 6.67. The molecular weight excluding hydrogens is 348 g/mol. The maximum Gasteiger partial charge on any atom is 0.500 e. The maximum absolute atomic E-state index is 5.79. The highest BCUT2D eigenvalue weighted by Gasteiger charge is 2.38. The van der Waals surface area contributed by atoms with E-state index in [1.165, 1.54) is 0 Å². The van der Waals surface area contributed by atoms with Crippen molar-refractivity contribution in [3.63, 3.8) is 0 Å². The van der Waals surface area contributed by atoms with Crippen LogP contribution in [0.2, 0.25) is 18.1 Å². The molecule has 0 radical (unpaired) electrons. The van der Waals surface area contributed by atoms with E-state index in [2.05, 4.69) is 0 Å². The van der Waals surface area contributed by atoms with Gasteiger partial charge in [0.05, 0.1) is 13.2 Å². The van der Waals surface area contributed by atoms with Gasteiger partial charge in [0.15, 0.2) is 0 Å². The second kappa shape index (κ2) is 11.7. The molecule has 1 saturated heterocycles. The topological polar surface area (TPSA) is 67.9 Å². The molecule has 7 nitrogen and oxygen atoms in total. The number of rotatable bonds is 16. The lowest BCUT2D eigenvalue weighted by molar-refractivity contribution is 0.114. The molecule has 1 aliphatic heterocycles. The van der Waals surface area contributed by atoms with Crippen LogP contribution in [-0.2, 0) is 31.6 Å². The standard InChI is InChI=1S/C15H34O7Si2/c1-16-23(17-2,11-8-9-21-13-15-14-22-15)10-6-7-12-24(18-3,19-4)20-5/h15H,6-14H2,1-5H3. The second-order valence-electron chi connectivity index (χ2n) is 5.96. The van der Waals surface area contributed by atoms with Crippen molar-refractivity contribution in [2.24, 2.45) is 0 Å². The minimum absolute atomic E-state index is 0.323. The first-order valence-corrected chi connectivity index (χ1v) is 12.7. The molecule has 1 atom stereocenters. The normalized spacial score (nSPS) is 18.1. The molecule has 0 aliphatic carbocycles. The first-order valence-electron chi connectivity index (χ1n) is 8.54. The van der Waals surface area contributed by atoms with E-state index < -0.39 is 17.4 Å². The summed E-state index contributed by atoms with van der Waals surface area (Å²) >= 11 is 0. The Hall–Kier alpha value is 0.154. The van der Waals surface area contributed by atoms with Crippen molar-refractivity contribution >= 4 is 17.4 Å². The molecule has 0 amide bonds. The van der Waals surface area contributed by atoms with Gasteiger partial charge in [0.1, 0.15) is 6.10 Å². The molecule has 1 unspecified atom stereocenters. The Kier molecular flexibility index (Phi) is 10.8. The monoisotopic (exact) mass is 382 g/mol. The first kappa shape index (κ1) is 22.2. The predicted octanol–water partition coefficient (Wildman–Crippen LogP) is 2.19. The van der Waals surface area contributed by atoms with Gasteiger partial charge >= 0.3 is 17.4 Å². The summed E-state index contributed by atoms with van der Waals surface area (Å²) in [5.41, 5.74) is 0. The van der Waals surface area contributed by atoms with Crippen LogP contribution in [-0.4, -0.2) is 78.8 Å². The van der Waals surface area contributed by atoms with Crippen LogP contribution in [0.1, 0.15) is 19.3 Å². The maximum atomic E-state index is 5.79. The third-order valence-corrected chi connectivity index (χ3v) is 11.1. The summed E-state index contributed by atoms with van der Waals surface area (Å²) in [5.74, 6) is 0. The number of hydrogen-bond donors (Lipinski definition) is 0. The molecule has 144 valence electrons. The summed E-state index contributed by atoms with van der Waals surface area (Å²) in [6.07, 6.45) is 3.26. The van der Waals surface area contributed by atoms with E-state index in [9.17, 15) is 0 Å². The number of unbranched alkanes of at least 4 members (excludes halogenated alkanes) is 1. The average Bonchev–Trinajstić information content (AvgIpc) is 3.45. The van der Waals surface area contributed by atoms with Crippen LogP contribution >= 0.6 is 0 Å². The van der Waals surface area contributed by atoms with E-state index in [4.69, 9.17) is 31.6 Å². The Morgan fingerprint density at radius 3 is 1.83 bits per heavy atom. The summed E-state index contributed by atoms with van der Waals surface area (Å²) in [6.45, 7) is 2.27. The largest absolute Gasteiger partial charge is 0.500 e. The van der Waals surface area contributed by atoms with E-state index >= 15 is 0 Å². The molecule has 1 heterocycles. The predicted molar refractivity (Wildman–Crippen MR) is 95.4 cm³/mol. The minimum atomic E-state index is -2.47. The van der Waals surface area contributed by atoms with Crippen molar-refractivity contribution < 1.29 is 31.6 Å². The SMILES string of the molecule is CO[Si](CCCC[Si](OC)(OC)OC)(CCCOCC1CO1)OC. The molecular formula is C15H34O7Si2. The summed E-state index contributed by atoms with van der Waals surface area (Å²) in [6, 6.07) is 2.69. The Morgan fingerprint density at radius 2 is 1.33 bits per heavy atom. The minimum Gasteiger partial charge on any atom is -0.398 e. The molecule has 24 heavy (non-hydrogen) atoms. The van der Waals surface area contributed by atoms with Crippen LogP contribution in [0, 0.1) is 0 Å². The van der Waals surface area contributed by atoms with Crippen molar-refractivity contribution in [1.29, 1.82) is 0 Å². The van der Waals surface area contributed by atoms with Crippen molar-refractivity contribution in [3.05, 3.63) is 0 Å². The zero-order valence-corrected chi connectivity index (χ0v) is 17.8. The zero-order valence-electron chi connectivity index (χ0n) is 15.8. The van der Waals surface area contributed by atoms with Gasteiger partial charge in [-0.1, -0.05) is 6.42 Å². The Morgan fingerprint density at radius 1 is 0.792 bits per heavy atom. The van der Waals surface area contributed by atoms with E-state index in [0.29, 0.717) is 12.7 Å². The van der Waals surface area contributed by atoms with Crippen LogP contribution in [0.5, 0.6) is 0 Å². The third kappa shape index (κ3) is 7.58. The molecule has 0 N–H and O–H groups in total. The number of epoxide rings is 1. The number of ether oxygens (including phenoxy) is 2. The smallest absolute Gasteiger partial charge is 0.398 e. The van der Waals surface area contributed by atoms with Crippen LogP contribution in [0.3, 0.4) is 0 Å².